The number of aromatic amines is 1. The minimum Gasteiger partial charge on any atom is -0.349 e. The van der Waals surface area contributed by atoms with Crippen LogP contribution in [0.5, 0.6) is 0 Å². The number of aromatic nitrogens is 1. The van der Waals surface area contributed by atoms with Crippen LogP contribution in [-0.2, 0) is 0 Å². The number of fused-ring (bicyclic) bond motifs is 1. The van der Waals surface area contributed by atoms with E-state index in [-0.39, 0.29) is 5.91 Å². The Labute approximate surface area is 118 Å². The number of halogens is 1. The molecule has 0 aliphatic carbocycles. The van der Waals surface area contributed by atoms with E-state index in [1.165, 1.54) is 0 Å². The minimum atomic E-state index is 0.110. The van der Waals surface area contributed by atoms with Gasteiger partial charge in [-0.3, -0.25) is 4.79 Å². The van der Waals surface area contributed by atoms with E-state index in [0.29, 0.717) is 5.69 Å². The molecular formula is C12H14BrN3OS. The molecule has 1 aliphatic rings. The van der Waals surface area contributed by atoms with Crippen molar-refractivity contribution in [1.29, 1.82) is 0 Å². The number of carbonyl (C=O) groups excluding carboxylic acids is 1. The van der Waals surface area contributed by atoms with Crippen LogP contribution in [-0.4, -0.2) is 53.9 Å². The van der Waals surface area contributed by atoms with Crippen LogP contribution in [0.3, 0.4) is 0 Å². The number of thiophene rings is 1. The number of piperazine rings is 1. The lowest BCUT2D eigenvalue weighted by Crippen LogP contribution is -2.47. The Bertz CT molecular complexity index is 583. The van der Waals surface area contributed by atoms with Crippen molar-refractivity contribution in [3.05, 3.63) is 21.6 Å². The maximum atomic E-state index is 12.4. The Morgan fingerprint density at radius 2 is 2.11 bits per heavy atom. The molecule has 1 amide bonds. The fraction of sp³-hybridized carbons (Fsp3) is 0.417. The fourth-order valence-corrected chi connectivity index (χ4v) is 3.71. The van der Waals surface area contributed by atoms with Gasteiger partial charge < -0.3 is 14.8 Å². The van der Waals surface area contributed by atoms with E-state index in [0.717, 1.165) is 40.9 Å². The molecule has 4 nitrogen and oxygen atoms in total. The Morgan fingerprint density at radius 3 is 2.78 bits per heavy atom. The van der Waals surface area contributed by atoms with E-state index in [4.69, 9.17) is 0 Å². The largest absolute Gasteiger partial charge is 0.349 e. The van der Waals surface area contributed by atoms with Crippen LogP contribution >= 0.6 is 27.3 Å². The molecule has 0 aromatic carbocycles. The average molecular weight is 328 g/mol. The first-order valence-corrected chi connectivity index (χ1v) is 7.56. The summed E-state index contributed by atoms with van der Waals surface area (Å²) in [6.45, 7) is 3.52. The first kappa shape index (κ1) is 12.2. The van der Waals surface area contributed by atoms with E-state index < -0.39 is 0 Å². The molecule has 3 rings (SSSR count). The second-order valence-electron chi connectivity index (χ2n) is 4.60. The molecule has 2 aromatic rings. The number of H-pyrrole nitrogens is 1. The van der Waals surface area contributed by atoms with E-state index in [1.54, 1.807) is 11.3 Å². The monoisotopic (exact) mass is 327 g/mol. The van der Waals surface area contributed by atoms with Crippen LogP contribution in [0.1, 0.15) is 10.5 Å². The van der Waals surface area contributed by atoms with Crippen molar-refractivity contribution in [2.45, 2.75) is 0 Å². The first-order valence-electron chi connectivity index (χ1n) is 5.88. The summed E-state index contributed by atoms with van der Waals surface area (Å²) in [7, 11) is 2.09. The van der Waals surface area contributed by atoms with E-state index >= 15 is 0 Å². The number of likely N-dealkylation sites (N-methyl/N-ethyl adjacent to an activating group) is 1. The summed E-state index contributed by atoms with van der Waals surface area (Å²) >= 11 is 5.12. The van der Waals surface area contributed by atoms with E-state index in [2.05, 4.69) is 32.9 Å². The SMILES string of the molecule is CN1CCN(C(=O)c2cc3scc(Br)c3[nH]2)CC1. The van der Waals surface area contributed by atoms with Gasteiger partial charge in [0.05, 0.1) is 14.7 Å². The Hall–Kier alpha value is -0.850. The predicted octanol–water partition coefficient (Wildman–Crippen LogP) is 2.38. The van der Waals surface area contributed by atoms with Gasteiger partial charge >= 0.3 is 0 Å². The van der Waals surface area contributed by atoms with Crippen LogP contribution in [0, 0.1) is 0 Å². The van der Waals surface area contributed by atoms with Gasteiger partial charge in [-0.15, -0.1) is 11.3 Å². The zero-order valence-electron chi connectivity index (χ0n) is 10.1. The number of hydrogen-bond donors (Lipinski definition) is 1. The van der Waals surface area contributed by atoms with Crippen molar-refractivity contribution < 1.29 is 4.79 Å². The second kappa shape index (κ2) is 4.68. The molecule has 0 bridgehead atoms. The molecule has 1 N–H and O–H groups in total. The Kier molecular flexibility index (Phi) is 3.17. The van der Waals surface area contributed by atoms with Gasteiger partial charge in [-0.05, 0) is 29.0 Å². The van der Waals surface area contributed by atoms with Crippen LogP contribution in [0.2, 0.25) is 0 Å². The summed E-state index contributed by atoms with van der Waals surface area (Å²) in [4.78, 5) is 19.7. The molecule has 0 atom stereocenters. The van der Waals surface area contributed by atoms with Crippen LogP contribution in [0.4, 0.5) is 0 Å². The number of nitrogens with zero attached hydrogens (tertiary/aromatic N) is 2. The third kappa shape index (κ3) is 2.08. The third-order valence-corrected chi connectivity index (χ3v) is 5.19. The summed E-state index contributed by atoms with van der Waals surface area (Å²) in [5.41, 5.74) is 1.72. The zero-order valence-corrected chi connectivity index (χ0v) is 12.5. The van der Waals surface area contributed by atoms with Gasteiger partial charge in [-0.25, -0.2) is 0 Å². The van der Waals surface area contributed by atoms with Crippen molar-refractivity contribution in [2.75, 3.05) is 33.2 Å². The molecule has 18 heavy (non-hydrogen) atoms. The van der Waals surface area contributed by atoms with Gasteiger partial charge in [0, 0.05) is 31.6 Å². The Morgan fingerprint density at radius 1 is 1.39 bits per heavy atom. The molecule has 3 heterocycles. The standard InChI is InChI=1S/C12H14BrN3OS/c1-15-2-4-16(5-3-15)12(17)9-6-10-11(14-9)8(13)7-18-10/h6-7,14H,2-5H2,1H3. The normalized spacial score (nSPS) is 17.6. The lowest BCUT2D eigenvalue weighted by atomic mass is 10.3. The molecule has 0 unspecified atom stereocenters. The molecule has 1 fully saturated rings. The highest BCUT2D eigenvalue weighted by Gasteiger charge is 2.22. The fourth-order valence-electron chi connectivity index (χ4n) is 2.18. The third-order valence-electron chi connectivity index (χ3n) is 3.33. The predicted molar refractivity (Wildman–Crippen MR) is 77.3 cm³/mol. The number of hydrogen-bond acceptors (Lipinski definition) is 3. The summed E-state index contributed by atoms with van der Waals surface area (Å²) in [6.07, 6.45) is 0. The molecule has 0 saturated carbocycles. The zero-order chi connectivity index (χ0) is 12.7. The van der Waals surface area contributed by atoms with Gasteiger partial charge in [0.15, 0.2) is 0 Å². The quantitative estimate of drug-likeness (QED) is 0.873. The van der Waals surface area contributed by atoms with Gasteiger partial charge in [0.2, 0.25) is 0 Å². The van der Waals surface area contributed by atoms with Crippen LogP contribution < -0.4 is 0 Å². The maximum absolute atomic E-state index is 12.4. The Balaban J connectivity index is 1.83. The summed E-state index contributed by atoms with van der Waals surface area (Å²) in [5.74, 6) is 0.110. The number of amides is 1. The lowest BCUT2D eigenvalue weighted by Gasteiger charge is -2.32. The highest BCUT2D eigenvalue weighted by Crippen LogP contribution is 2.30. The van der Waals surface area contributed by atoms with Crippen LogP contribution in [0.15, 0.2) is 15.9 Å². The average Bonchev–Trinajstić information content (AvgIpc) is 2.92. The molecule has 1 aliphatic heterocycles. The maximum Gasteiger partial charge on any atom is 0.270 e. The van der Waals surface area contributed by atoms with Crippen LogP contribution in [0.25, 0.3) is 10.2 Å². The number of nitrogens with one attached hydrogen (secondary N) is 1. The van der Waals surface area contributed by atoms with Gasteiger partial charge in [0.1, 0.15) is 5.69 Å². The smallest absolute Gasteiger partial charge is 0.270 e. The molecule has 1 saturated heterocycles. The number of carbonyl (C=O) groups is 1. The first-order chi connectivity index (χ1) is 8.65. The summed E-state index contributed by atoms with van der Waals surface area (Å²) < 4.78 is 2.15. The van der Waals surface area contributed by atoms with E-state index in [1.807, 2.05) is 16.3 Å². The number of rotatable bonds is 1. The van der Waals surface area contributed by atoms with Crippen molar-refractivity contribution in [3.63, 3.8) is 0 Å². The van der Waals surface area contributed by atoms with Gasteiger partial charge in [-0.1, -0.05) is 0 Å². The molecular weight excluding hydrogens is 314 g/mol. The van der Waals surface area contributed by atoms with E-state index in [9.17, 15) is 4.79 Å². The van der Waals surface area contributed by atoms with Crippen molar-refractivity contribution in [1.82, 2.24) is 14.8 Å². The van der Waals surface area contributed by atoms with Gasteiger partial charge in [0.25, 0.3) is 5.91 Å². The highest BCUT2D eigenvalue weighted by molar-refractivity contribution is 9.10. The van der Waals surface area contributed by atoms with Crippen molar-refractivity contribution >= 4 is 43.4 Å². The highest BCUT2D eigenvalue weighted by atomic mass is 79.9. The molecule has 6 heteroatoms. The summed E-state index contributed by atoms with van der Waals surface area (Å²) in [5, 5.41) is 2.03. The van der Waals surface area contributed by atoms with Crippen molar-refractivity contribution in [3.8, 4) is 0 Å². The van der Waals surface area contributed by atoms with Crippen molar-refractivity contribution in [2.24, 2.45) is 0 Å². The molecule has 2 aromatic heterocycles. The molecule has 0 radical (unpaired) electrons. The second-order valence-corrected chi connectivity index (χ2v) is 6.37. The minimum absolute atomic E-state index is 0.110. The van der Waals surface area contributed by atoms with Gasteiger partial charge in [-0.2, -0.15) is 0 Å². The molecule has 0 spiro atoms. The topological polar surface area (TPSA) is 39.3 Å². The summed E-state index contributed by atoms with van der Waals surface area (Å²) in [6, 6.07) is 1.95. The lowest BCUT2D eigenvalue weighted by molar-refractivity contribution is 0.0659. The molecule has 96 valence electrons.